The van der Waals surface area contributed by atoms with Gasteiger partial charge in [0, 0.05) is 17.6 Å². The van der Waals surface area contributed by atoms with E-state index in [1.807, 2.05) is 0 Å². The molecule has 1 saturated heterocycles. The Balaban J connectivity index is 1.92. The number of aromatic hydroxyl groups is 1. The van der Waals surface area contributed by atoms with Gasteiger partial charge in [0.25, 0.3) is 5.91 Å². The number of phenolic OH excluding ortho intramolecular Hbond substituents is 1. The van der Waals surface area contributed by atoms with Gasteiger partial charge in [-0.3, -0.25) is 9.69 Å². The summed E-state index contributed by atoms with van der Waals surface area (Å²) in [5, 5.41) is 11.4. The first-order chi connectivity index (χ1) is 12.0. The van der Waals surface area contributed by atoms with Crippen LogP contribution in [-0.4, -0.2) is 35.2 Å². The van der Waals surface area contributed by atoms with Crippen molar-refractivity contribution < 1.29 is 14.6 Å². The van der Waals surface area contributed by atoms with Gasteiger partial charge in [-0.2, -0.15) is 0 Å². The number of methoxy groups -OCH3 is 1. The van der Waals surface area contributed by atoms with Gasteiger partial charge >= 0.3 is 0 Å². The molecule has 0 spiro atoms. The largest absolute Gasteiger partial charge is 0.504 e. The molecule has 0 unspecified atom stereocenters. The minimum absolute atomic E-state index is 0.00311. The quantitative estimate of drug-likeness (QED) is 0.814. The Morgan fingerprint density at radius 1 is 1.24 bits per heavy atom. The van der Waals surface area contributed by atoms with E-state index in [-0.39, 0.29) is 11.7 Å². The number of hydrogen-bond donors (Lipinski definition) is 1. The van der Waals surface area contributed by atoms with Crippen molar-refractivity contribution in [3.63, 3.8) is 0 Å². The highest BCUT2D eigenvalue weighted by atomic mass is 35.5. The molecule has 1 amide bonds. The number of carbonyl (C=O) groups is 1. The van der Waals surface area contributed by atoms with Crippen LogP contribution < -0.4 is 4.74 Å². The Morgan fingerprint density at radius 3 is 2.64 bits per heavy atom. The van der Waals surface area contributed by atoms with Crippen LogP contribution in [0.2, 0.25) is 5.02 Å². The Morgan fingerprint density at radius 2 is 1.96 bits per heavy atom. The van der Waals surface area contributed by atoms with Gasteiger partial charge in [-0.25, -0.2) is 4.99 Å². The molecule has 3 rings (SSSR count). The van der Waals surface area contributed by atoms with E-state index in [4.69, 9.17) is 16.3 Å². The average molecular weight is 375 g/mol. The predicted molar refractivity (Wildman–Crippen MR) is 102 cm³/mol. The molecule has 2 aromatic rings. The summed E-state index contributed by atoms with van der Waals surface area (Å²) in [5.41, 5.74) is 1.22. The van der Waals surface area contributed by atoms with E-state index in [1.165, 1.54) is 23.8 Å². The molecule has 1 N–H and O–H groups in total. The summed E-state index contributed by atoms with van der Waals surface area (Å²) in [4.78, 5) is 18.9. The van der Waals surface area contributed by atoms with Crippen molar-refractivity contribution in [2.24, 2.45) is 4.99 Å². The predicted octanol–water partition coefficient (Wildman–Crippen LogP) is 4.29. The summed E-state index contributed by atoms with van der Waals surface area (Å²) >= 11 is 7.12. The van der Waals surface area contributed by atoms with E-state index < -0.39 is 0 Å². The second-order valence-corrected chi connectivity index (χ2v) is 6.69. The number of nitrogens with zero attached hydrogens (tertiary/aromatic N) is 2. The molecule has 0 bridgehead atoms. The monoisotopic (exact) mass is 374 g/mol. The molecule has 25 heavy (non-hydrogen) atoms. The van der Waals surface area contributed by atoms with Crippen molar-refractivity contribution in [3.8, 4) is 11.5 Å². The normalized spacial score (nSPS) is 17.6. The van der Waals surface area contributed by atoms with Crippen molar-refractivity contribution in [1.82, 2.24) is 4.90 Å². The molecule has 128 valence electrons. The highest BCUT2D eigenvalue weighted by Crippen LogP contribution is 2.37. The standard InChI is InChI=1S/C18H15ClN2O3S/c1-21-17(23)15(10-11-4-3-5-14(24-2)16(11)22)25-18(21)20-13-8-6-12(19)7-9-13/h3-10,22H,1-2H3/b15-10+,20-18?. The maximum atomic E-state index is 12.5. The lowest BCUT2D eigenvalue weighted by Crippen LogP contribution is -2.23. The van der Waals surface area contributed by atoms with Crippen LogP contribution in [0.25, 0.3) is 6.08 Å². The minimum atomic E-state index is -0.181. The molecule has 1 heterocycles. The first-order valence-electron chi connectivity index (χ1n) is 7.37. The third kappa shape index (κ3) is 3.65. The molecule has 7 heteroatoms. The molecule has 0 aliphatic carbocycles. The van der Waals surface area contributed by atoms with Crippen LogP contribution >= 0.6 is 23.4 Å². The molecule has 2 aromatic carbocycles. The molecule has 0 saturated carbocycles. The summed E-state index contributed by atoms with van der Waals surface area (Å²) in [5.74, 6) is 0.171. The van der Waals surface area contributed by atoms with Crippen molar-refractivity contribution >= 4 is 46.2 Å². The van der Waals surface area contributed by atoms with Crippen LogP contribution in [0.3, 0.4) is 0 Å². The fourth-order valence-corrected chi connectivity index (χ4v) is 3.34. The minimum Gasteiger partial charge on any atom is -0.504 e. The number of amides is 1. The van der Waals surface area contributed by atoms with E-state index in [0.29, 0.717) is 32.1 Å². The molecule has 1 aliphatic heterocycles. The fourth-order valence-electron chi connectivity index (χ4n) is 2.24. The number of para-hydroxylation sites is 1. The Bertz CT molecular complexity index is 878. The number of thioether (sulfide) groups is 1. The fraction of sp³-hybridized carbons (Fsp3) is 0.111. The lowest BCUT2D eigenvalue weighted by molar-refractivity contribution is -0.121. The number of aliphatic imine (C=N–C) groups is 1. The number of hydrogen-bond acceptors (Lipinski definition) is 5. The van der Waals surface area contributed by atoms with Crippen molar-refractivity contribution in [3.05, 3.63) is 58.0 Å². The summed E-state index contributed by atoms with van der Waals surface area (Å²) < 4.78 is 5.09. The molecule has 0 aromatic heterocycles. The molecule has 1 fully saturated rings. The van der Waals surface area contributed by atoms with Gasteiger partial charge in [0.2, 0.25) is 0 Å². The smallest absolute Gasteiger partial charge is 0.266 e. The molecular weight excluding hydrogens is 360 g/mol. The number of halogens is 1. The van der Waals surface area contributed by atoms with E-state index in [9.17, 15) is 9.90 Å². The van der Waals surface area contributed by atoms with Crippen molar-refractivity contribution in [2.75, 3.05) is 14.2 Å². The van der Waals surface area contributed by atoms with Gasteiger partial charge in [-0.05, 0) is 48.2 Å². The van der Waals surface area contributed by atoms with Crippen LogP contribution in [0.15, 0.2) is 52.4 Å². The van der Waals surface area contributed by atoms with Crippen LogP contribution in [-0.2, 0) is 4.79 Å². The molecule has 0 atom stereocenters. The van der Waals surface area contributed by atoms with Gasteiger partial charge in [0.15, 0.2) is 16.7 Å². The number of benzene rings is 2. The molecular formula is C18H15ClN2O3S. The van der Waals surface area contributed by atoms with Crippen LogP contribution in [0, 0.1) is 0 Å². The summed E-state index contributed by atoms with van der Waals surface area (Å²) in [6.45, 7) is 0. The van der Waals surface area contributed by atoms with Crippen LogP contribution in [0.4, 0.5) is 5.69 Å². The number of phenols is 1. The first kappa shape index (κ1) is 17.4. The second-order valence-electron chi connectivity index (χ2n) is 5.24. The van der Waals surface area contributed by atoms with E-state index in [2.05, 4.69) is 4.99 Å². The molecule has 5 nitrogen and oxygen atoms in total. The summed E-state index contributed by atoms with van der Waals surface area (Å²) in [7, 11) is 3.14. The first-order valence-corrected chi connectivity index (χ1v) is 8.57. The lowest BCUT2D eigenvalue weighted by atomic mass is 10.1. The van der Waals surface area contributed by atoms with Crippen molar-refractivity contribution in [1.29, 1.82) is 0 Å². The summed E-state index contributed by atoms with van der Waals surface area (Å²) in [6, 6.07) is 12.2. The van der Waals surface area contributed by atoms with E-state index >= 15 is 0 Å². The zero-order chi connectivity index (χ0) is 18.0. The molecule has 0 radical (unpaired) electrons. The number of rotatable bonds is 3. The maximum absolute atomic E-state index is 12.5. The van der Waals surface area contributed by atoms with Gasteiger partial charge < -0.3 is 9.84 Å². The third-order valence-corrected chi connectivity index (χ3v) is 4.90. The van der Waals surface area contributed by atoms with Gasteiger partial charge in [0.1, 0.15) is 0 Å². The van der Waals surface area contributed by atoms with Gasteiger partial charge in [-0.1, -0.05) is 23.7 Å². The lowest BCUT2D eigenvalue weighted by Gasteiger charge is -2.07. The molecule has 1 aliphatic rings. The number of carbonyl (C=O) groups excluding carboxylic acids is 1. The van der Waals surface area contributed by atoms with Crippen LogP contribution in [0.1, 0.15) is 5.56 Å². The van der Waals surface area contributed by atoms with Gasteiger partial charge in [-0.15, -0.1) is 0 Å². The topological polar surface area (TPSA) is 62.1 Å². The Labute approximate surface area is 154 Å². The second kappa shape index (κ2) is 7.21. The Kier molecular flexibility index (Phi) is 5.01. The highest BCUT2D eigenvalue weighted by molar-refractivity contribution is 8.18. The SMILES string of the molecule is COc1cccc(/C=C2/SC(=Nc3ccc(Cl)cc3)N(C)C2=O)c1O. The van der Waals surface area contributed by atoms with Crippen LogP contribution in [0.5, 0.6) is 11.5 Å². The third-order valence-electron chi connectivity index (χ3n) is 3.59. The van der Waals surface area contributed by atoms with E-state index in [0.717, 1.165) is 0 Å². The Hall–Kier alpha value is -2.44. The van der Waals surface area contributed by atoms with Crippen molar-refractivity contribution in [2.45, 2.75) is 0 Å². The summed E-state index contributed by atoms with van der Waals surface area (Å²) in [6.07, 6.45) is 1.63. The maximum Gasteiger partial charge on any atom is 0.266 e. The average Bonchev–Trinajstić information content (AvgIpc) is 2.87. The zero-order valence-corrected chi connectivity index (χ0v) is 15.1. The number of ether oxygens (including phenoxy) is 1. The van der Waals surface area contributed by atoms with E-state index in [1.54, 1.807) is 55.6 Å². The number of likely N-dealkylation sites (N-methyl/N-ethyl adjacent to an activating group) is 1. The highest BCUT2D eigenvalue weighted by Gasteiger charge is 2.30. The zero-order valence-electron chi connectivity index (χ0n) is 13.6. The van der Waals surface area contributed by atoms with Gasteiger partial charge in [0.05, 0.1) is 17.7 Å². The number of amidine groups is 1.